The van der Waals surface area contributed by atoms with Gasteiger partial charge in [-0.3, -0.25) is 14.7 Å². The minimum Gasteiger partial charge on any atom is -0.496 e. The number of likely N-dealkylation sites (tertiary alicyclic amines) is 1. The molecule has 0 radical (unpaired) electrons. The van der Waals surface area contributed by atoms with Crippen molar-refractivity contribution in [3.05, 3.63) is 47.8 Å². The van der Waals surface area contributed by atoms with Gasteiger partial charge >= 0.3 is 0 Å². The van der Waals surface area contributed by atoms with Crippen LogP contribution in [0.1, 0.15) is 23.5 Å². The molecule has 2 saturated heterocycles. The lowest BCUT2D eigenvalue weighted by molar-refractivity contribution is -0.122. The van der Waals surface area contributed by atoms with Crippen LogP contribution in [0, 0.1) is 0 Å². The lowest BCUT2D eigenvalue weighted by Crippen LogP contribution is -2.55. The van der Waals surface area contributed by atoms with E-state index in [-0.39, 0.29) is 11.8 Å². The first kappa shape index (κ1) is 20.1. The van der Waals surface area contributed by atoms with Gasteiger partial charge in [-0.05, 0) is 17.7 Å². The summed E-state index contributed by atoms with van der Waals surface area (Å²) in [4.78, 5) is 19.1. The summed E-state index contributed by atoms with van der Waals surface area (Å²) in [5, 5.41) is 3.29. The molecule has 0 bridgehead atoms. The van der Waals surface area contributed by atoms with Gasteiger partial charge in [0, 0.05) is 56.0 Å². The number of methoxy groups -OCH3 is 1. The van der Waals surface area contributed by atoms with E-state index in [1.165, 1.54) is 0 Å². The van der Waals surface area contributed by atoms with E-state index < -0.39 is 5.54 Å². The van der Waals surface area contributed by atoms with Crippen LogP contribution < -0.4 is 19.5 Å². The van der Waals surface area contributed by atoms with Crippen LogP contribution in [-0.2, 0) is 16.1 Å². The molecule has 1 amide bonds. The van der Waals surface area contributed by atoms with Gasteiger partial charge in [0.15, 0.2) is 11.5 Å². The monoisotopic (exact) mass is 425 g/mol. The van der Waals surface area contributed by atoms with Crippen LogP contribution in [-0.4, -0.2) is 68.0 Å². The maximum absolute atomic E-state index is 12.5. The van der Waals surface area contributed by atoms with Crippen molar-refractivity contribution in [2.24, 2.45) is 0 Å². The van der Waals surface area contributed by atoms with Gasteiger partial charge in [0.1, 0.15) is 19.0 Å². The number of aromatic nitrogens is 1. The van der Waals surface area contributed by atoms with E-state index in [9.17, 15) is 4.79 Å². The SMILES string of the molecule is COc1cc2c(cc1CN1C[C@@H](c3cccnc3)[C@@]3(COCCC(=O)N3)C1)OCCO2. The first-order chi connectivity index (χ1) is 15.2. The number of nitrogens with zero attached hydrogens (tertiary/aromatic N) is 2. The van der Waals surface area contributed by atoms with E-state index in [2.05, 4.69) is 21.3 Å². The molecule has 5 rings (SSSR count). The van der Waals surface area contributed by atoms with Gasteiger partial charge in [0.05, 0.1) is 25.9 Å². The predicted octanol–water partition coefficient (Wildman–Crippen LogP) is 1.74. The first-order valence-corrected chi connectivity index (χ1v) is 10.6. The number of hydrogen-bond acceptors (Lipinski definition) is 7. The lowest BCUT2D eigenvalue weighted by atomic mass is 9.83. The highest BCUT2D eigenvalue weighted by molar-refractivity contribution is 5.77. The highest BCUT2D eigenvalue weighted by atomic mass is 16.6. The molecule has 0 aliphatic carbocycles. The number of benzene rings is 1. The Bertz CT molecular complexity index is 954. The molecule has 8 nitrogen and oxygen atoms in total. The third kappa shape index (κ3) is 3.93. The molecular weight excluding hydrogens is 398 g/mol. The minimum absolute atomic E-state index is 0.0325. The summed E-state index contributed by atoms with van der Waals surface area (Å²) < 4.78 is 23.0. The van der Waals surface area contributed by atoms with Gasteiger partial charge in [0.2, 0.25) is 5.91 Å². The van der Waals surface area contributed by atoms with Crippen LogP contribution in [0.3, 0.4) is 0 Å². The Kier molecular flexibility index (Phi) is 5.41. The number of rotatable bonds is 4. The Balaban J connectivity index is 1.45. The normalized spacial score (nSPS) is 25.8. The summed E-state index contributed by atoms with van der Waals surface area (Å²) in [5.74, 6) is 2.33. The first-order valence-electron chi connectivity index (χ1n) is 10.6. The van der Waals surface area contributed by atoms with Crippen molar-refractivity contribution in [1.29, 1.82) is 0 Å². The molecule has 3 aliphatic heterocycles. The average molecular weight is 425 g/mol. The Morgan fingerprint density at radius 3 is 2.87 bits per heavy atom. The van der Waals surface area contributed by atoms with Crippen molar-refractivity contribution < 1.29 is 23.7 Å². The van der Waals surface area contributed by atoms with Crippen molar-refractivity contribution >= 4 is 5.91 Å². The summed E-state index contributed by atoms with van der Waals surface area (Å²) in [6.45, 7) is 4.11. The van der Waals surface area contributed by atoms with Crippen molar-refractivity contribution in [2.75, 3.05) is 46.6 Å². The third-order valence-electron chi connectivity index (χ3n) is 6.26. The van der Waals surface area contributed by atoms with Crippen LogP contribution >= 0.6 is 0 Å². The second kappa shape index (κ2) is 8.36. The summed E-state index contributed by atoms with van der Waals surface area (Å²) in [7, 11) is 1.66. The fraction of sp³-hybridized carbons (Fsp3) is 0.478. The molecular formula is C23H27N3O5. The Morgan fingerprint density at radius 1 is 1.26 bits per heavy atom. The molecule has 4 heterocycles. The number of carbonyl (C=O) groups is 1. The molecule has 164 valence electrons. The van der Waals surface area contributed by atoms with E-state index in [4.69, 9.17) is 18.9 Å². The number of fused-ring (bicyclic) bond motifs is 1. The van der Waals surface area contributed by atoms with E-state index in [0.29, 0.717) is 51.7 Å². The fourth-order valence-corrected chi connectivity index (χ4v) is 4.87. The standard InChI is InChI=1S/C23H27N3O5/c1-28-19-10-21-20(30-7-8-31-21)9-17(19)12-26-13-18(16-3-2-5-24-11-16)23(14-26)15-29-6-4-22(27)25-23/h2-3,5,9-11,18H,4,6-8,12-15H2,1H3,(H,25,27)/t18-,23-/m0/s1. The quantitative estimate of drug-likeness (QED) is 0.799. The van der Waals surface area contributed by atoms with E-state index >= 15 is 0 Å². The van der Waals surface area contributed by atoms with Crippen LogP contribution in [0.15, 0.2) is 36.7 Å². The average Bonchev–Trinajstić information content (AvgIpc) is 3.02. The van der Waals surface area contributed by atoms with Crippen molar-refractivity contribution in [3.63, 3.8) is 0 Å². The van der Waals surface area contributed by atoms with Crippen LogP contribution in [0.25, 0.3) is 0 Å². The highest BCUT2D eigenvalue weighted by Crippen LogP contribution is 2.41. The molecule has 2 fully saturated rings. The van der Waals surface area contributed by atoms with Gasteiger partial charge in [-0.2, -0.15) is 0 Å². The Hall–Kier alpha value is -2.84. The highest BCUT2D eigenvalue weighted by Gasteiger charge is 2.49. The van der Waals surface area contributed by atoms with Crippen LogP contribution in [0.5, 0.6) is 17.2 Å². The molecule has 1 aromatic heterocycles. The maximum atomic E-state index is 12.5. The number of hydrogen-bond donors (Lipinski definition) is 1. The van der Waals surface area contributed by atoms with E-state index in [0.717, 1.165) is 29.2 Å². The summed E-state index contributed by atoms with van der Waals surface area (Å²) >= 11 is 0. The fourth-order valence-electron chi connectivity index (χ4n) is 4.87. The number of pyridine rings is 1. The summed E-state index contributed by atoms with van der Waals surface area (Å²) in [6.07, 6.45) is 4.04. The van der Waals surface area contributed by atoms with Gasteiger partial charge < -0.3 is 24.3 Å². The number of amides is 1. The summed E-state index contributed by atoms with van der Waals surface area (Å²) in [6, 6.07) is 7.91. The van der Waals surface area contributed by atoms with Gasteiger partial charge in [-0.15, -0.1) is 0 Å². The molecule has 8 heteroatoms. The predicted molar refractivity (Wildman–Crippen MR) is 113 cm³/mol. The number of nitrogens with one attached hydrogen (secondary N) is 1. The zero-order chi connectivity index (χ0) is 21.3. The molecule has 2 atom stereocenters. The molecule has 31 heavy (non-hydrogen) atoms. The minimum atomic E-state index is -0.488. The molecule has 2 aromatic rings. The van der Waals surface area contributed by atoms with Gasteiger partial charge in [-0.25, -0.2) is 0 Å². The van der Waals surface area contributed by atoms with Crippen molar-refractivity contribution in [1.82, 2.24) is 15.2 Å². The molecule has 0 unspecified atom stereocenters. The zero-order valence-corrected chi connectivity index (χ0v) is 17.6. The topological polar surface area (TPSA) is 82.2 Å². The van der Waals surface area contributed by atoms with Gasteiger partial charge in [-0.1, -0.05) is 6.07 Å². The van der Waals surface area contributed by atoms with Crippen molar-refractivity contribution in [3.8, 4) is 17.2 Å². The molecule has 0 saturated carbocycles. The van der Waals surface area contributed by atoms with Gasteiger partial charge in [0.25, 0.3) is 0 Å². The molecule has 3 aliphatic rings. The van der Waals surface area contributed by atoms with E-state index in [1.807, 2.05) is 24.4 Å². The van der Waals surface area contributed by atoms with Crippen LogP contribution in [0.4, 0.5) is 0 Å². The zero-order valence-electron chi connectivity index (χ0n) is 17.6. The lowest BCUT2D eigenvalue weighted by Gasteiger charge is -2.34. The Labute approximate surface area is 181 Å². The molecule has 1 aromatic carbocycles. The maximum Gasteiger partial charge on any atom is 0.222 e. The Morgan fingerprint density at radius 2 is 2.10 bits per heavy atom. The molecule has 1 spiro atoms. The number of ether oxygens (including phenoxy) is 4. The number of carbonyl (C=O) groups excluding carboxylic acids is 1. The van der Waals surface area contributed by atoms with E-state index in [1.54, 1.807) is 13.3 Å². The second-order valence-corrected chi connectivity index (χ2v) is 8.32. The van der Waals surface area contributed by atoms with Crippen LogP contribution in [0.2, 0.25) is 0 Å². The molecule has 1 N–H and O–H groups in total. The smallest absolute Gasteiger partial charge is 0.222 e. The third-order valence-corrected chi connectivity index (χ3v) is 6.26. The second-order valence-electron chi connectivity index (χ2n) is 8.32. The summed E-state index contributed by atoms with van der Waals surface area (Å²) in [5.41, 5.74) is 1.64. The largest absolute Gasteiger partial charge is 0.496 e. The van der Waals surface area contributed by atoms with Crippen molar-refractivity contribution in [2.45, 2.75) is 24.4 Å².